The summed E-state index contributed by atoms with van der Waals surface area (Å²) in [4.78, 5) is 12.2. The van der Waals surface area contributed by atoms with Gasteiger partial charge in [0.25, 0.3) is 0 Å². The molecule has 0 radical (unpaired) electrons. The van der Waals surface area contributed by atoms with E-state index in [1.165, 1.54) is 89.9 Å². The van der Waals surface area contributed by atoms with E-state index >= 15 is 0 Å². The summed E-state index contributed by atoms with van der Waals surface area (Å²) >= 11 is 0. The Morgan fingerprint density at radius 3 is 1.50 bits per heavy atom. The number of nitrogens with one attached hydrogen (secondary N) is 1. The fraction of sp³-hybridized carbons (Fsp3) is 0.794. The van der Waals surface area contributed by atoms with Gasteiger partial charge in [-0.2, -0.15) is 0 Å². The Morgan fingerprint density at radius 2 is 1.05 bits per heavy atom. The second-order valence-corrected chi connectivity index (χ2v) is 10.8. The first-order valence-corrected chi connectivity index (χ1v) is 16.2. The maximum absolute atomic E-state index is 12.2. The molecular weight excluding hydrogens is 470 g/mol. The third-order valence-electron chi connectivity index (χ3n) is 7.12. The highest BCUT2D eigenvalue weighted by molar-refractivity contribution is 5.76. The number of amides is 1. The number of rotatable bonds is 28. The van der Waals surface area contributed by atoms with Gasteiger partial charge in [-0.3, -0.25) is 4.79 Å². The van der Waals surface area contributed by atoms with Crippen LogP contribution < -0.4 is 5.32 Å². The lowest BCUT2D eigenvalue weighted by atomic mass is 10.0. The van der Waals surface area contributed by atoms with Crippen molar-refractivity contribution in [2.24, 2.45) is 0 Å². The summed E-state index contributed by atoms with van der Waals surface area (Å²) in [6.45, 7) is 4.15. The van der Waals surface area contributed by atoms with Gasteiger partial charge in [0.1, 0.15) is 0 Å². The minimum absolute atomic E-state index is 0.0816. The quantitative estimate of drug-likeness (QED) is 0.0693. The van der Waals surface area contributed by atoms with Crippen molar-refractivity contribution in [2.75, 3.05) is 6.61 Å². The number of carbonyl (C=O) groups excluding carboxylic acids is 1. The number of aliphatic hydroxyl groups excluding tert-OH is 2. The predicted octanol–water partition coefficient (Wildman–Crippen LogP) is 9.12. The first kappa shape index (κ1) is 36.6. The van der Waals surface area contributed by atoms with Crippen molar-refractivity contribution in [1.29, 1.82) is 0 Å². The third kappa shape index (κ3) is 26.2. The van der Waals surface area contributed by atoms with Crippen LogP contribution in [-0.2, 0) is 4.79 Å². The first-order chi connectivity index (χ1) is 18.7. The van der Waals surface area contributed by atoms with Crippen molar-refractivity contribution in [3.8, 4) is 0 Å². The summed E-state index contributed by atoms with van der Waals surface area (Å²) in [6.07, 6.45) is 38.0. The summed E-state index contributed by atoms with van der Waals surface area (Å²) in [6, 6.07) is -0.638. The smallest absolute Gasteiger partial charge is 0.220 e. The van der Waals surface area contributed by atoms with Crippen LogP contribution in [0.1, 0.15) is 155 Å². The van der Waals surface area contributed by atoms with Crippen LogP contribution in [0.4, 0.5) is 0 Å². The lowest BCUT2D eigenvalue weighted by Gasteiger charge is -2.19. The molecule has 38 heavy (non-hydrogen) atoms. The Bertz CT molecular complexity index is 584. The zero-order valence-corrected chi connectivity index (χ0v) is 25.2. The number of hydrogen-bond donors (Lipinski definition) is 3. The van der Waals surface area contributed by atoms with Gasteiger partial charge in [0, 0.05) is 6.42 Å². The van der Waals surface area contributed by atoms with E-state index in [4.69, 9.17) is 0 Å². The molecule has 0 saturated heterocycles. The monoisotopic (exact) mass is 533 g/mol. The summed E-state index contributed by atoms with van der Waals surface area (Å²) in [5.74, 6) is -0.0816. The van der Waals surface area contributed by atoms with Crippen LogP contribution in [0.5, 0.6) is 0 Å². The van der Waals surface area contributed by atoms with Crippen molar-refractivity contribution < 1.29 is 15.0 Å². The van der Waals surface area contributed by atoms with Gasteiger partial charge in [-0.25, -0.2) is 0 Å². The van der Waals surface area contributed by atoms with Crippen LogP contribution in [-0.4, -0.2) is 34.9 Å². The molecule has 0 spiro atoms. The standard InChI is InChI=1S/C34H63NO3/c1-3-5-7-9-11-13-15-16-17-18-19-20-22-24-26-28-30-34(38)35-32(31-36)33(37)29-27-25-23-21-14-12-10-8-6-4-2/h6,8,14,21,27,29,32-33,36-37H,3-5,7,9-13,15-20,22-26,28,30-31H2,1-2H3,(H,35,38)/b8-6+,21-14+,29-27+. The highest BCUT2D eigenvalue weighted by atomic mass is 16.3. The second-order valence-electron chi connectivity index (χ2n) is 10.8. The molecule has 4 nitrogen and oxygen atoms in total. The van der Waals surface area contributed by atoms with Gasteiger partial charge in [0.15, 0.2) is 0 Å². The van der Waals surface area contributed by atoms with Gasteiger partial charge < -0.3 is 15.5 Å². The molecule has 0 aliphatic carbocycles. The van der Waals surface area contributed by atoms with Gasteiger partial charge in [0.2, 0.25) is 5.91 Å². The molecule has 0 bridgehead atoms. The van der Waals surface area contributed by atoms with E-state index in [1.807, 2.05) is 6.08 Å². The molecule has 3 N–H and O–H groups in total. The van der Waals surface area contributed by atoms with Gasteiger partial charge in [0.05, 0.1) is 18.8 Å². The second kappa shape index (κ2) is 30.2. The highest BCUT2D eigenvalue weighted by Gasteiger charge is 2.17. The molecule has 2 unspecified atom stereocenters. The Kier molecular flexibility index (Phi) is 29.1. The summed E-state index contributed by atoms with van der Waals surface area (Å²) in [5, 5.41) is 22.7. The number of unbranched alkanes of at least 4 members (excludes halogenated alkanes) is 17. The van der Waals surface area contributed by atoms with Crippen LogP contribution in [0.2, 0.25) is 0 Å². The Labute approximate surface area is 236 Å². The SMILES string of the molecule is CC/C=C/CC/C=C/CC/C=C/C(O)C(CO)NC(=O)CCCCCCCCCCCCCCCCCC. The lowest BCUT2D eigenvalue weighted by Crippen LogP contribution is -2.45. The molecular formula is C34H63NO3. The van der Waals surface area contributed by atoms with Crippen molar-refractivity contribution >= 4 is 5.91 Å². The molecule has 222 valence electrons. The van der Waals surface area contributed by atoms with E-state index in [0.29, 0.717) is 6.42 Å². The Morgan fingerprint density at radius 1 is 0.632 bits per heavy atom. The predicted molar refractivity (Wildman–Crippen MR) is 165 cm³/mol. The van der Waals surface area contributed by atoms with E-state index < -0.39 is 12.1 Å². The molecule has 4 heteroatoms. The highest BCUT2D eigenvalue weighted by Crippen LogP contribution is 2.14. The summed E-state index contributed by atoms with van der Waals surface area (Å²) in [7, 11) is 0. The molecule has 0 saturated carbocycles. The third-order valence-corrected chi connectivity index (χ3v) is 7.12. The van der Waals surface area contributed by atoms with Crippen molar-refractivity contribution in [3.05, 3.63) is 36.5 Å². The van der Waals surface area contributed by atoms with Crippen LogP contribution in [0.25, 0.3) is 0 Å². The molecule has 0 aliphatic rings. The zero-order chi connectivity index (χ0) is 27.9. The van der Waals surface area contributed by atoms with Gasteiger partial charge in [-0.15, -0.1) is 0 Å². The van der Waals surface area contributed by atoms with Crippen LogP contribution in [0.3, 0.4) is 0 Å². The topological polar surface area (TPSA) is 69.6 Å². The minimum Gasteiger partial charge on any atom is -0.394 e. The zero-order valence-electron chi connectivity index (χ0n) is 25.2. The van der Waals surface area contributed by atoms with E-state index in [1.54, 1.807) is 6.08 Å². The molecule has 1 amide bonds. The fourth-order valence-corrected chi connectivity index (χ4v) is 4.63. The van der Waals surface area contributed by atoms with Gasteiger partial charge >= 0.3 is 0 Å². The molecule has 2 atom stereocenters. The molecule has 0 aromatic heterocycles. The Balaban J connectivity index is 3.66. The normalized spacial score (nSPS) is 13.7. The van der Waals surface area contributed by atoms with E-state index in [-0.39, 0.29) is 12.5 Å². The minimum atomic E-state index is -0.863. The summed E-state index contributed by atoms with van der Waals surface area (Å²) in [5.41, 5.74) is 0. The Hall–Kier alpha value is -1.39. The maximum atomic E-state index is 12.2. The van der Waals surface area contributed by atoms with Crippen LogP contribution in [0, 0.1) is 0 Å². The van der Waals surface area contributed by atoms with Crippen LogP contribution in [0.15, 0.2) is 36.5 Å². The largest absolute Gasteiger partial charge is 0.394 e. The van der Waals surface area contributed by atoms with E-state index in [9.17, 15) is 15.0 Å². The first-order valence-electron chi connectivity index (χ1n) is 16.2. The number of aliphatic hydroxyl groups is 2. The van der Waals surface area contributed by atoms with Crippen molar-refractivity contribution in [2.45, 2.75) is 167 Å². The average molecular weight is 534 g/mol. The molecule has 0 aromatic rings. The van der Waals surface area contributed by atoms with Crippen LogP contribution >= 0.6 is 0 Å². The fourth-order valence-electron chi connectivity index (χ4n) is 4.63. The lowest BCUT2D eigenvalue weighted by molar-refractivity contribution is -0.123. The van der Waals surface area contributed by atoms with E-state index in [0.717, 1.165) is 44.9 Å². The molecule has 0 heterocycles. The number of hydrogen-bond acceptors (Lipinski definition) is 3. The molecule has 0 rings (SSSR count). The number of carbonyl (C=O) groups is 1. The average Bonchev–Trinajstić information content (AvgIpc) is 2.92. The van der Waals surface area contributed by atoms with Gasteiger partial charge in [-0.05, 0) is 38.5 Å². The molecule has 0 fully saturated rings. The molecule has 0 aromatic carbocycles. The number of allylic oxidation sites excluding steroid dienone is 5. The van der Waals surface area contributed by atoms with Gasteiger partial charge in [-0.1, -0.05) is 147 Å². The van der Waals surface area contributed by atoms with Crippen molar-refractivity contribution in [1.82, 2.24) is 5.32 Å². The summed E-state index contributed by atoms with van der Waals surface area (Å²) < 4.78 is 0. The molecule has 0 aliphatic heterocycles. The van der Waals surface area contributed by atoms with Crippen molar-refractivity contribution in [3.63, 3.8) is 0 Å². The van der Waals surface area contributed by atoms with E-state index in [2.05, 4.69) is 43.5 Å². The maximum Gasteiger partial charge on any atom is 0.220 e.